The number of allylic oxidation sites excluding steroid dienone is 15. The molecular weight excluding hydrogens is 1310 g/mol. The molecule has 17 atom stereocenters. The molecule has 596 valence electrons. The smallest absolute Gasteiger partial charge is 0.220 e. The third-order valence-corrected chi connectivity index (χ3v) is 19.9. The van der Waals surface area contributed by atoms with Crippen LogP contribution in [0.3, 0.4) is 0 Å². The van der Waals surface area contributed by atoms with Crippen molar-refractivity contribution in [2.45, 2.75) is 401 Å². The first-order valence-corrected chi connectivity index (χ1v) is 41.0. The molecule has 3 saturated heterocycles. The molecule has 0 radical (unpaired) electrons. The Balaban J connectivity index is 1.37. The number of hydrogen-bond acceptors (Lipinski definition) is 18. The van der Waals surface area contributed by atoms with Crippen molar-refractivity contribution in [1.82, 2.24) is 5.32 Å². The lowest BCUT2D eigenvalue weighted by atomic mass is 9.96. The predicted molar refractivity (Wildman–Crippen MR) is 411 cm³/mol. The van der Waals surface area contributed by atoms with Crippen molar-refractivity contribution >= 4 is 5.91 Å². The van der Waals surface area contributed by atoms with E-state index in [0.29, 0.717) is 6.42 Å². The first-order chi connectivity index (χ1) is 50.3. The number of hydrogen-bond donors (Lipinski definition) is 12. The molecular formula is C84H147NO18. The van der Waals surface area contributed by atoms with Crippen LogP contribution >= 0.6 is 0 Å². The van der Waals surface area contributed by atoms with E-state index in [1.54, 1.807) is 6.08 Å². The number of ether oxygens (including phenoxy) is 6. The number of nitrogens with one attached hydrogen (secondary N) is 1. The molecule has 12 N–H and O–H groups in total. The molecule has 0 bridgehead atoms. The van der Waals surface area contributed by atoms with Gasteiger partial charge in [0.1, 0.15) is 73.2 Å². The zero-order valence-corrected chi connectivity index (χ0v) is 63.8. The number of aliphatic hydroxyl groups excluding tert-OH is 11. The number of carbonyl (C=O) groups excluding carboxylic acids is 1. The molecule has 0 aromatic heterocycles. The van der Waals surface area contributed by atoms with E-state index >= 15 is 0 Å². The van der Waals surface area contributed by atoms with E-state index < -0.39 is 124 Å². The van der Waals surface area contributed by atoms with Gasteiger partial charge in [-0.05, 0) is 77.0 Å². The first kappa shape index (κ1) is 93.9. The van der Waals surface area contributed by atoms with Gasteiger partial charge in [-0.3, -0.25) is 4.79 Å². The van der Waals surface area contributed by atoms with E-state index in [0.717, 1.165) is 103 Å². The molecule has 3 rings (SSSR count). The van der Waals surface area contributed by atoms with Crippen LogP contribution in [0.4, 0.5) is 0 Å². The highest BCUT2D eigenvalue weighted by Crippen LogP contribution is 2.33. The van der Waals surface area contributed by atoms with Crippen molar-refractivity contribution in [3.8, 4) is 0 Å². The SMILES string of the molecule is CC/C=C\C/C=C\C/C=C\C/C=C\C/C=C\C/C=C\C/C=C\CCCCCCCCCCCCCC(=O)NC(COC1OC(CO)C(OC2OC(CO)C(OC3OC(CO)C(O)C(O)C3O)C(O)C2O)C(O)C1O)C(O)/C=C/CCCCCCCCCCCCCCCCCCCCCCCCC. The van der Waals surface area contributed by atoms with Gasteiger partial charge in [0, 0.05) is 6.42 Å². The Kier molecular flexibility index (Phi) is 58.0. The summed E-state index contributed by atoms with van der Waals surface area (Å²) in [5, 5.41) is 121. The molecule has 3 fully saturated rings. The van der Waals surface area contributed by atoms with Crippen molar-refractivity contribution in [3.63, 3.8) is 0 Å². The molecule has 3 heterocycles. The van der Waals surface area contributed by atoms with Gasteiger partial charge in [0.15, 0.2) is 18.9 Å². The summed E-state index contributed by atoms with van der Waals surface area (Å²) in [4.78, 5) is 13.5. The van der Waals surface area contributed by atoms with Gasteiger partial charge in [0.2, 0.25) is 5.91 Å². The molecule has 1 amide bonds. The summed E-state index contributed by atoms with van der Waals surface area (Å²) < 4.78 is 34.5. The fourth-order valence-electron chi connectivity index (χ4n) is 13.4. The number of rotatable bonds is 64. The molecule has 3 aliphatic rings. The molecule has 17 unspecified atom stereocenters. The third kappa shape index (κ3) is 43.5. The molecule has 3 aliphatic heterocycles. The van der Waals surface area contributed by atoms with Gasteiger partial charge < -0.3 is 89.9 Å². The van der Waals surface area contributed by atoms with Crippen molar-refractivity contribution in [2.24, 2.45) is 0 Å². The van der Waals surface area contributed by atoms with Gasteiger partial charge >= 0.3 is 0 Å². The van der Waals surface area contributed by atoms with E-state index in [1.807, 2.05) is 6.08 Å². The molecule has 19 heteroatoms. The minimum atomic E-state index is -1.98. The van der Waals surface area contributed by atoms with Crippen LogP contribution in [0.2, 0.25) is 0 Å². The van der Waals surface area contributed by atoms with E-state index in [9.17, 15) is 61.0 Å². The van der Waals surface area contributed by atoms with Crippen LogP contribution in [0, 0.1) is 0 Å². The van der Waals surface area contributed by atoms with Crippen molar-refractivity contribution in [3.05, 3.63) is 97.2 Å². The topological polar surface area (TPSA) is 307 Å². The quantitative estimate of drug-likeness (QED) is 0.0199. The van der Waals surface area contributed by atoms with Gasteiger partial charge in [-0.25, -0.2) is 0 Å². The second-order valence-electron chi connectivity index (χ2n) is 28.9. The highest BCUT2D eigenvalue weighted by Gasteiger charge is 2.54. The Morgan fingerprint density at radius 1 is 0.359 bits per heavy atom. The molecule has 0 aromatic rings. The molecule has 103 heavy (non-hydrogen) atoms. The molecule has 0 aliphatic carbocycles. The highest BCUT2D eigenvalue weighted by molar-refractivity contribution is 5.76. The minimum Gasteiger partial charge on any atom is -0.394 e. The first-order valence-electron chi connectivity index (χ1n) is 41.0. The van der Waals surface area contributed by atoms with Crippen LogP contribution in [0.1, 0.15) is 296 Å². The van der Waals surface area contributed by atoms with Crippen LogP contribution in [0.25, 0.3) is 0 Å². The molecule has 19 nitrogen and oxygen atoms in total. The molecule has 0 saturated carbocycles. The van der Waals surface area contributed by atoms with Gasteiger partial charge in [-0.15, -0.1) is 0 Å². The average Bonchev–Trinajstić information content (AvgIpc) is 0.781. The summed E-state index contributed by atoms with van der Waals surface area (Å²) >= 11 is 0. The lowest BCUT2D eigenvalue weighted by Crippen LogP contribution is -2.66. The standard InChI is InChI=1S/C84H147NO18/c1-3-5-7-9-11-13-15-17-19-21-23-25-27-29-30-31-32-33-34-35-36-38-40-42-44-46-48-50-52-54-56-58-60-62-72(90)85-67(68(89)61-59-57-55-53-51-49-47-45-43-41-39-37-28-26-24-22-20-18-16-14-12-10-8-6-4-2)66-98-82-78(96)75(93)80(70(64-87)100-82)103-84-79(97)76(94)81(71(65-88)101-84)102-83-77(95)74(92)73(91)69(63-86)99-83/h5,7,11,13,17,19,23,25,29-30,32-33,35-36,59,61,67-71,73-84,86-89,91-97H,3-4,6,8-10,12,14-16,18,20-22,24,26-28,31,34,37-58,60,62-66H2,1-2H3,(H,85,90)/b7-5-,13-11-,19-17-,25-23-,30-29-,33-32-,36-35-,61-59+. The Bertz CT molecular complexity index is 2240. The fourth-order valence-corrected chi connectivity index (χ4v) is 13.4. The zero-order valence-electron chi connectivity index (χ0n) is 63.8. The lowest BCUT2D eigenvalue weighted by molar-refractivity contribution is -0.379. The van der Waals surface area contributed by atoms with E-state index in [1.165, 1.54) is 167 Å². The van der Waals surface area contributed by atoms with Crippen LogP contribution in [0.5, 0.6) is 0 Å². The largest absolute Gasteiger partial charge is 0.394 e. The number of carbonyl (C=O) groups is 1. The fraction of sp³-hybridized carbons (Fsp3) is 0.798. The Morgan fingerprint density at radius 3 is 1.05 bits per heavy atom. The second-order valence-corrected chi connectivity index (χ2v) is 28.9. The minimum absolute atomic E-state index is 0.235. The lowest BCUT2D eigenvalue weighted by Gasteiger charge is -2.48. The summed E-state index contributed by atoms with van der Waals surface area (Å²) in [5.41, 5.74) is 0. The Hall–Kier alpha value is -3.29. The summed E-state index contributed by atoms with van der Waals surface area (Å²) in [6.07, 6.45) is 59.5. The van der Waals surface area contributed by atoms with Crippen LogP contribution < -0.4 is 5.32 Å². The number of aliphatic hydroxyl groups is 11. The number of amides is 1. The average molecular weight is 1460 g/mol. The summed E-state index contributed by atoms with van der Waals surface area (Å²) in [6, 6.07) is -0.982. The molecule has 0 aromatic carbocycles. The highest BCUT2D eigenvalue weighted by atomic mass is 16.8. The maximum atomic E-state index is 13.5. The predicted octanol–water partition coefficient (Wildman–Crippen LogP) is 14.0. The number of unbranched alkanes of at least 4 members (excludes halogenated alkanes) is 34. The summed E-state index contributed by atoms with van der Waals surface area (Å²) in [5.74, 6) is -0.279. The van der Waals surface area contributed by atoms with Crippen LogP contribution in [-0.4, -0.2) is 193 Å². The summed E-state index contributed by atoms with van der Waals surface area (Å²) in [7, 11) is 0. The van der Waals surface area contributed by atoms with Gasteiger partial charge in [0.05, 0.1) is 38.6 Å². The second kappa shape index (κ2) is 63.6. The Labute approximate surface area is 622 Å². The van der Waals surface area contributed by atoms with E-state index in [2.05, 4.69) is 104 Å². The third-order valence-electron chi connectivity index (χ3n) is 19.9. The zero-order chi connectivity index (χ0) is 74.6. The van der Waals surface area contributed by atoms with E-state index in [-0.39, 0.29) is 18.9 Å². The van der Waals surface area contributed by atoms with Crippen LogP contribution in [-0.2, 0) is 33.2 Å². The monoisotopic (exact) mass is 1460 g/mol. The van der Waals surface area contributed by atoms with Gasteiger partial charge in [0.25, 0.3) is 0 Å². The van der Waals surface area contributed by atoms with Gasteiger partial charge in [-0.1, -0.05) is 310 Å². The molecule has 0 spiro atoms. The van der Waals surface area contributed by atoms with Crippen molar-refractivity contribution in [2.75, 3.05) is 26.4 Å². The van der Waals surface area contributed by atoms with Crippen LogP contribution in [0.15, 0.2) is 97.2 Å². The van der Waals surface area contributed by atoms with Gasteiger partial charge in [-0.2, -0.15) is 0 Å². The normalized spacial score (nSPS) is 26.6. The Morgan fingerprint density at radius 2 is 0.670 bits per heavy atom. The maximum Gasteiger partial charge on any atom is 0.220 e. The maximum absolute atomic E-state index is 13.5. The van der Waals surface area contributed by atoms with Crippen molar-refractivity contribution < 1.29 is 89.4 Å². The van der Waals surface area contributed by atoms with Crippen molar-refractivity contribution in [1.29, 1.82) is 0 Å². The summed E-state index contributed by atoms with van der Waals surface area (Å²) in [6.45, 7) is 1.65. The van der Waals surface area contributed by atoms with E-state index in [4.69, 9.17) is 28.4 Å².